The Morgan fingerprint density at radius 3 is 2.15 bits per heavy atom. The number of nitrogens with zero attached hydrogens (tertiary/aromatic N) is 4. The standard InChI is InChI=1S/C17H16F4N4O2/c1-2-27-17(26)10-3-4-11(22-9-10)24-5-7-25(8-6-24)14-12(18)15(20)23-16(21)13(14)19/h3-4,9H,2,5-8H2,1H3. The fourth-order valence-electron chi connectivity index (χ4n) is 2.82. The van der Waals surface area contributed by atoms with Gasteiger partial charge in [-0.1, -0.05) is 0 Å². The highest BCUT2D eigenvalue weighted by molar-refractivity contribution is 5.89. The second-order valence-electron chi connectivity index (χ2n) is 5.77. The van der Waals surface area contributed by atoms with Gasteiger partial charge in [-0.15, -0.1) is 0 Å². The second-order valence-corrected chi connectivity index (χ2v) is 5.77. The van der Waals surface area contributed by atoms with Gasteiger partial charge in [-0.3, -0.25) is 0 Å². The summed E-state index contributed by atoms with van der Waals surface area (Å²) >= 11 is 0. The van der Waals surface area contributed by atoms with Crippen LogP contribution in [-0.4, -0.2) is 48.7 Å². The minimum atomic E-state index is -1.68. The zero-order valence-corrected chi connectivity index (χ0v) is 14.4. The van der Waals surface area contributed by atoms with Crippen molar-refractivity contribution in [2.24, 2.45) is 0 Å². The number of anilines is 2. The Bertz CT molecular complexity index is 814. The molecule has 10 heteroatoms. The summed E-state index contributed by atoms with van der Waals surface area (Å²) in [6.07, 6.45) is 1.38. The molecule has 0 saturated carbocycles. The van der Waals surface area contributed by atoms with Crippen LogP contribution in [0.5, 0.6) is 0 Å². The molecule has 0 spiro atoms. The summed E-state index contributed by atoms with van der Waals surface area (Å²) in [5.41, 5.74) is -0.448. The number of hydrogen-bond donors (Lipinski definition) is 0. The van der Waals surface area contributed by atoms with Gasteiger partial charge in [-0.05, 0) is 19.1 Å². The van der Waals surface area contributed by atoms with Crippen LogP contribution in [0, 0.1) is 23.5 Å². The molecule has 0 aromatic carbocycles. The Balaban J connectivity index is 1.70. The third-order valence-electron chi connectivity index (χ3n) is 4.15. The average molecular weight is 384 g/mol. The van der Waals surface area contributed by atoms with Gasteiger partial charge in [0.15, 0.2) is 0 Å². The molecule has 1 fully saturated rings. The van der Waals surface area contributed by atoms with E-state index in [-0.39, 0.29) is 19.7 Å². The van der Waals surface area contributed by atoms with E-state index in [0.717, 1.165) is 0 Å². The van der Waals surface area contributed by atoms with E-state index < -0.39 is 35.2 Å². The monoisotopic (exact) mass is 384 g/mol. The quantitative estimate of drug-likeness (QED) is 0.459. The van der Waals surface area contributed by atoms with E-state index in [9.17, 15) is 22.4 Å². The molecular weight excluding hydrogens is 368 g/mol. The lowest BCUT2D eigenvalue weighted by Gasteiger charge is -2.36. The summed E-state index contributed by atoms with van der Waals surface area (Å²) in [6.45, 7) is 2.83. The fourth-order valence-corrected chi connectivity index (χ4v) is 2.82. The lowest BCUT2D eigenvalue weighted by molar-refractivity contribution is 0.0526. The molecule has 3 rings (SSSR count). The molecule has 0 amide bonds. The minimum absolute atomic E-state index is 0.123. The molecule has 6 nitrogen and oxygen atoms in total. The Morgan fingerprint density at radius 2 is 1.63 bits per heavy atom. The van der Waals surface area contributed by atoms with E-state index in [1.165, 1.54) is 11.1 Å². The lowest BCUT2D eigenvalue weighted by Crippen LogP contribution is -2.47. The largest absolute Gasteiger partial charge is 0.462 e. The number of aromatic nitrogens is 2. The van der Waals surface area contributed by atoms with Crippen LogP contribution in [0.1, 0.15) is 17.3 Å². The van der Waals surface area contributed by atoms with Crippen molar-refractivity contribution in [3.05, 3.63) is 47.4 Å². The maximum absolute atomic E-state index is 13.9. The van der Waals surface area contributed by atoms with Gasteiger partial charge < -0.3 is 14.5 Å². The van der Waals surface area contributed by atoms with Gasteiger partial charge in [0.05, 0.1) is 12.2 Å². The molecule has 144 valence electrons. The molecular formula is C17H16F4N4O2. The normalized spacial score (nSPS) is 14.4. The molecule has 0 N–H and O–H groups in total. The van der Waals surface area contributed by atoms with Crippen molar-refractivity contribution < 1.29 is 27.1 Å². The zero-order valence-electron chi connectivity index (χ0n) is 14.4. The fraction of sp³-hybridized carbons (Fsp3) is 0.353. The van der Waals surface area contributed by atoms with Crippen molar-refractivity contribution in [1.29, 1.82) is 0 Å². The van der Waals surface area contributed by atoms with E-state index >= 15 is 0 Å². The van der Waals surface area contributed by atoms with Crippen LogP contribution in [-0.2, 0) is 4.74 Å². The van der Waals surface area contributed by atoms with Crippen molar-refractivity contribution >= 4 is 17.5 Å². The molecule has 0 atom stereocenters. The predicted molar refractivity (Wildman–Crippen MR) is 88.7 cm³/mol. The number of carbonyl (C=O) groups excluding carboxylic acids is 1. The first-order valence-corrected chi connectivity index (χ1v) is 8.25. The van der Waals surface area contributed by atoms with E-state index in [2.05, 4.69) is 9.97 Å². The number of esters is 1. The van der Waals surface area contributed by atoms with Crippen molar-refractivity contribution in [1.82, 2.24) is 9.97 Å². The van der Waals surface area contributed by atoms with Gasteiger partial charge in [0.2, 0.25) is 11.6 Å². The van der Waals surface area contributed by atoms with Crippen LogP contribution < -0.4 is 9.80 Å². The summed E-state index contributed by atoms with van der Waals surface area (Å²) in [5.74, 6) is -6.30. The van der Waals surface area contributed by atoms with E-state index in [0.29, 0.717) is 24.5 Å². The topological polar surface area (TPSA) is 58.6 Å². The van der Waals surface area contributed by atoms with Crippen molar-refractivity contribution in [3.63, 3.8) is 0 Å². The maximum Gasteiger partial charge on any atom is 0.339 e. The molecule has 1 saturated heterocycles. The Labute approximate surface area is 152 Å². The molecule has 1 aliphatic heterocycles. The first kappa shape index (κ1) is 18.9. The molecule has 1 aliphatic rings. The summed E-state index contributed by atoms with van der Waals surface area (Å²) in [7, 11) is 0. The third kappa shape index (κ3) is 3.79. The van der Waals surface area contributed by atoms with Crippen LogP contribution >= 0.6 is 0 Å². The molecule has 2 aromatic heterocycles. The van der Waals surface area contributed by atoms with E-state index in [4.69, 9.17) is 4.74 Å². The molecule has 0 unspecified atom stereocenters. The molecule has 0 bridgehead atoms. The van der Waals surface area contributed by atoms with Gasteiger partial charge in [-0.2, -0.15) is 22.5 Å². The van der Waals surface area contributed by atoms with Gasteiger partial charge in [0.1, 0.15) is 11.5 Å². The summed E-state index contributed by atoms with van der Waals surface area (Å²) < 4.78 is 59.2. The second kappa shape index (κ2) is 7.77. The Kier molecular flexibility index (Phi) is 5.43. The van der Waals surface area contributed by atoms with E-state index in [1.807, 2.05) is 4.90 Å². The maximum atomic E-state index is 13.9. The number of carbonyl (C=O) groups is 1. The molecule has 0 aliphatic carbocycles. The van der Waals surface area contributed by atoms with Crippen LogP contribution in [0.25, 0.3) is 0 Å². The highest BCUT2D eigenvalue weighted by Gasteiger charge is 2.28. The number of halogens is 4. The van der Waals surface area contributed by atoms with Crippen molar-refractivity contribution in [2.45, 2.75) is 6.92 Å². The van der Waals surface area contributed by atoms with Crippen LogP contribution in [0.4, 0.5) is 29.1 Å². The third-order valence-corrected chi connectivity index (χ3v) is 4.15. The first-order valence-electron chi connectivity index (χ1n) is 8.25. The van der Waals surface area contributed by atoms with Gasteiger partial charge in [-0.25, -0.2) is 9.78 Å². The number of piperazine rings is 1. The van der Waals surface area contributed by atoms with Gasteiger partial charge in [0.25, 0.3) is 11.9 Å². The van der Waals surface area contributed by atoms with Gasteiger partial charge in [0, 0.05) is 32.4 Å². The van der Waals surface area contributed by atoms with Crippen molar-refractivity contribution in [3.8, 4) is 0 Å². The molecule has 27 heavy (non-hydrogen) atoms. The highest BCUT2D eigenvalue weighted by Crippen LogP contribution is 2.27. The Morgan fingerprint density at radius 1 is 1.04 bits per heavy atom. The molecule has 2 aromatic rings. The molecule has 0 radical (unpaired) electrons. The van der Waals surface area contributed by atoms with Crippen LogP contribution in [0.3, 0.4) is 0 Å². The number of hydrogen-bond acceptors (Lipinski definition) is 6. The number of rotatable bonds is 4. The lowest BCUT2D eigenvalue weighted by atomic mass is 10.2. The van der Waals surface area contributed by atoms with Gasteiger partial charge >= 0.3 is 5.97 Å². The smallest absolute Gasteiger partial charge is 0.339 e. The summed E-state index contributed by atoms with van der Waals surface area (Å²) in [6, 6.07) is 3.20. The highest BCUT2D eigenvalue weighted by atomic mass is 19.2. The minimum Gasteiger partial charge on any atom is -0.462 e. The van der Waals surface area contributed by atoms with Crippen molar-refractivity contribution in [2.75, 3.05) is 42.6 Å². The first-order chi connectivity index (χ1) is 12.9. The van der Waals surface area contributed by atoms with Crippen LogP contribution in [0.15, 0.2) is 18.3 Å². The summed E-state index contributed by atoms with van der Waals surface area (Å²) in [5, 5.41) is 0. The number of pyridine rings is 2. The van der Waals surface area contributed by atoms with Crippen LogP contribution in [0.2, 0.25) is 0 Å². The average Bonchev–Trinajstić information content (AvgIpc) is 2.67. The number of ether oxygens (including phenoxy) is 1. The Hall–Kier alpha value is -2.91. The SMILES string of the molecule is CCOC(=O)c1ccc(N2CCN(c3c(F)c(F)nc(F)c3F)CC2)nc1. The summed E-state index contributed by atoms with van der Waals surface area (Å²) in [4.78, 5) is 21.4. The molecule has 3 heterocycles. The zero-order chi connectivity index (χ0) is 19.6. The van der Waals surface area contributed by atoms with E-state index in [1.54, 1.807) is 19.1 Å². The predicted octanol–water partition coefficient (Wildman–Crippen LogP) is 2.54.